The minimum absolute atomic E-state index is 0.280. The zero-order chi connectivity index (χ0) is 14.0. The maximum absolute atomic E-state index is 13.0. The van der Waals surface area contributed by atoms with E-state index < -0.39 is 0 Å². The molecular weight excluding hydrogens is 311 g/mol. The Morgan fingerprint density at radius 1 is 1.26 bits per heavy atom. The van der Waals surface area contributed by atoms with Crippen LogP contribution in [0.1, 0.15) is 15.9 Å². The van der Waals surface area contributed by atoms with E-state index in [9.17, 15) is 9.18 Å². The molecule has 0 saturated heterocycles. The van der Waals surface area contributed by atoms with E-state index in [1.54, 1.807) is 18.2 Å². The highest BCUT2D eigenvalue weighted by molar-refractivity contribution is 9.10. The quantitative estimate of drug-likeness (QED) is 0.828. The Morgan fingerprint density at radius 3 is 2.68 bits per heavy atom. The van der Waals surface area contributed by atoms with Crippen molar-refractivity contribution >= 4 is 33.2 Å². The molecule has 0 unspecified atom stereocenters. The summed E-state index contributed by atoms with van der Waals surface area (Å²) in [4.78, 5) is 12.1. The van der Waals surface area contributed by atoms with Gasteiger partial charge in [0.2, 0.25) is 0 Å². The van der Waals surface area contributed by atoms with E-state index in [0.29, 0.717) is 21.4 Å². The van der Waals surface area contributed by atoms with Crippen LogP contribution in [0.25, 0.3) is 0 Å². The zero-order valence-corrected chi connectivity index (χ0v) is 11.8. The summed E-state index contributed by atoms with van der Waals surface area (Å²) in [5.41, 5.74) is 8.02. The number of hydrogen-bond acceptors (Lipinski definition) is 2. The molecule has 98 valence electrons. The summed E-state index contributed by atoms with van der Waals surface area (Å²) in [7, 11) is 0. The van der Waals surface area contributed by atoms with Crippen LogP contribution in [0.4, 0.5) is 15.8 Å². The minimum atomic E-state index is -0.370. The van der Waals surface area contributed by atoms with Gasteiger partial charge in [0, 0.05) is 15.7 Å². The van der Waals surface area contributed by atoms with Crippen LogP contribution in [-0.2, 0) is 0 Å². The van der Waals surface area contributed by atoms with Crippen molar-refractivity contribution in [1.82, 2.24) is 0 Å². The molecule has 3 N–H and O–H groups in total. The van der Waals surface area contributed by atoms with E-state index in [1.807, 2.05) is 6.92 Å². The molecule has 0 atom stereocenters. The SMILES string of the molecule is Cc1ccc(N)cc1C(=O)Nc1ccc(F)cc1Br. The van der Waals surface area contributed by atoms with Crippen molar-refractivity contribution in [2.45, 2.75) is 6.92 Å². The minimum Gasteiger partial charge on any atom is -0.399 e. The molecular formula is C14H12BrFN2O. The van der Waals surface area contributed by atoms with Crippen molar-refractivity contribution in [2.24, 2.45) is 0 Å². The third-order valence-corrected chi connectivity index (χ3v) is 3.34. The van der Waals surface area contributed by atoms with E-state index in [0.717, 1.165) is 5.56 Å². The first kappa shape index (κ1) is 13.5. The predicted molar refractivity (Wildman–Crippen MR) is 77.6 cm³/mol. The van der Waals surface area contributed by atoms with Gasteiger partial charge in [-0.05, 0) is 58.7 Å². The van der Waals surface area contributed by atoms with E-state index >= 15 is 0 Å². The van der Waals surface area contributed by atoms with Crippen molar-refractivity contribution in [1.29, 1.82) is 0 Å². The van der Waals surface area contributed by atoms with Crippen molar-refractivity contribution in [3.63, 3.8) is 0 Å². The normalized spacial score (nSPS) is 10.3. The van der Waals surface area contributed by atoms with Gasteiger partial charge in [-0.3, -0.25) is 4.79 Å². The third kappa shape index (κ3) is 3.12. The predicted octanol–water partition coefficient (Wildman–Crippen LogP) is 3.73. The molecule has 0 fully saturated rings. The van der Waals surface area contributed by atoms with Crippen molar-refractivity contribution in [3.05, 3.63) is 57.8 Å². The molecule has 0 radical (unpaired) electrons. The maximum atomic E-state index is 13.0. The topological polar surface area (TPSA) is 55.1 Å². The standard InChI is InChI=1S/C14H12BrFN2O/c1-8-2-4-10(17)7-11(8)14(19)18-13-5-3-9(16)6-12(13)15/h2-7H,17H2,1H3,(H,18,19). The van der Waals surface area contributed by atoms with Gasteiger partial charge in [-0.2, -0.15) is 0 Å². The van der Waals surface area contributed by atoms with Crippen molar-refractivity contribution in [2.75, 3.05) is 11.1 Å². The third-order valence-electron chi connectivity index (χ3n) is 2.69. The fraction of sp³-hybridized carbons (Fsp3) is 0.0714. The van der Waals surface area contributed by atoms with Crippen LogP contribution in [0.2, 0.25) is 0 Å². The number of anilines is 2. The van der Waals surface area contributed by atoms with Gasteiger partial charge < -0.3 is 11.1 Å². The van der Waals surface area contributed by atoms with Crippen LogP contribution < -0.4 is 11.1 Å². The van der Waals surface area contributed by atoms with Crippen LogP contribution >= 0.6 is 15.9 Å². The van der Waals surface area contributed by atoms with E-state index in [4.69, 9.17) is 5.73 Å². The maximum Gasteiger partial charge on any atom is 0.256 e. The largest absolute Gasteiger partial charge is 0.399 e. The summed E-state index contributed by atoms with van der Waals surface area (Å²) in [6.07, 6.45) is 0. The monoisotopic (exact) mass is 322 g/mol. The van der Waals surface area contributed by atoms with Gasteiger partial charge in [-0.25, -0.2) is 4.39 Å². The number of carbonyl (C=O) groups excluding carboxylic acids is 1. The van der Waals surface area contributed by atoms with Gasteiger partial charge in [0.15, 0.2) is 0 Å². The van der Waals surface area contributed by atoms with Crippen molar-refractivity contribution < 1.29 is 9.18 Å². The number of rotatable bonds is 2. The summed E-state index contributed by atoms with van der Waals surface area (Å²) in [5.74, 6) is -0.651. The average molecular weight is 323 g/mol. The number of nitrogen functional groups attached to an aromatic ring is 1. The fourth-order valence-corrected chi connectivity index (χ4v) is 2.11. The number of nitrogens with two attached hydrogens (primary N) is 1. The number of benzene rings is 2. The first-order valence-corrected chi connectivity index (χ1v) is 6.39. The van der Waals surface area contributed by atoms with Gasteiger partial charge >= 0.3 is 0 Å². The number of halogens is 2. The molecule has 0 spiro atoms. The Morgan fingerprint density at radius 2 is 2.00 bits per heavy atom. The Kier molecular flexibility index (Phi) is 3.85. The lowest BCUT2D eigenvalue weighted by molar-refractivity contribution is 0.102. The summed E-state index contributed by atoms with van der Waals surface area (Å²) in [5, 5.41) is 2.71. The first-order valence-electron chi connectivity index (χ1n) is 5.60. The Hall–Kier alpha value is -1.88. The highest BCUT2D eigenvalue weighted by atomic mass is 79.9. The van der Waals surface area contributed by atoms with Crippen LogP contribution in [0.3, 0.4) is 0 Å². The molecule has 19 heavy (non-hydrogen) atoms. The summed E-state index contributed by atoms with van der Waals surface area (Å²) in [6.45, 7) is 1.83. The van der Waals surface area contributed by atoms with Gasteiger partial charge in [0.05, 0.1) is 5.69 Å². The number of carbonyl (C=O) groups is 1. The smallest absolute Gasteiger partial charge is 0.256 e. The summed E-state index contributed by atoms with van der Waals surface area (Å²) in [6, 6.07) is 9.21. The van der Waals surface area contributed by atoms with E-state index in [2.05, 4.69) is 21.2 Å². The van der Waals surface area contributed by atoms with Crippen LogP contribution in [0.15, 0.2) is 40.9 Å². The van der Waals surface area contributed by atoms with E-state index in [-0.39, 0.29) is 11.7 Å². The molecule has 5 heteroatoms. The van der Waals surface area contributed by atoms with Gasteiger partial charge in [-0.15, -0.1) is 0 Å². The Labute approximate surface area is 118 Å². The molecule has 0 aromatic heterocycles. The first-order chi connectivity index (χ1) is 8.97. The Balaban J connectivity index is 2.28. The second-order valence-corrected chi connectivity index (χ2v) is 5.01. The number of amides is 1. The molecule has 2 aromatic rings. The highest BCUT2D eigenvalue weighted by Gasteiger charge is 2.11. The van der Waals surface area contributed by atoms with Gasteiger partial charge in [-0.1, -0.05) is 6.07 Å². The van der Waals surface area contributed by atoms with Crippen LogP contribution in [0.5, 0.6) is 0 Å². The second kappa shape index (κ2) is 5.40. The lowest BCUT2D eigenvalue weighted by Crippen LogP contribution is -2.14. The molecule has 0 aliphatic carbocycles. The average Bonchev–Trinajstić information content (AvgIpc) is 2.35. The number of aryl methyl sites for hydroxylation is 1. The highest BCUT2D eigenvalue weighted by Crippen LogP contribution is 2.24. The molecule has 1 amide bonds. The number of hydrogen-bond donors (Lipinski definition) is 2. The molecule has 3 nitrogen and oxygen atoms in total. The molecule has 2 aromatic carbocycles. The number of nitrogens with one attached hydrogen (secondary N) is 1. The molecule has 0 bridgehead atoms. The lowest BCUT2D eigenvalue weighted by Gasteiger charge is -2.10. The molecule has 2 rings (SSSR count). The van der Waals surface area contributed by atoms with E-state index in [1.165, 1.54) is 18.2 Å². The summed E-state index contributed by atoms with van der Waals surface area (Å²) >= 11 is 3.20. The van der Waals surface area contributed by atoms with Crippen molar-refractivity contribution in [3.8, 4) is 0 Å². The Bertz CT molecular complexity index is 643. The second-order valence-electron chi connectivity index (χ2n) is 4.15. The molecule has 0 saturated carbocycles. The van der Waals surface area contributed by atoms with Gasteiger partial charge in [0.25, 0.3) is 5.91 Å². The summed E-state index contributed by atoms with van der Waals surface area (Å²) < 4.78 is 13.5. The fourth-order valence-electron chi connectivity index (χ4n) is 1.66. The molecule has 0 aliphatic rings. The zero-order valence-electron chi connectivity index (χ0n) is 10.2. The van der Waals surface area contributed by atoms with Crippen LogP contribution in [0, 0.1) is 12.7 Å². The molecule has 0 aliphatic heterocycles. The van der Waals surface area contributed by atoms with Crippen LogP contribution in [-0.4, -0.2) is 5.91 Å². The lowest BCUT2D eigenvalue weighted by atomic mass is 10.1. The molecule has 0 heterocycles. The van der Waals surface area contributed by atoms with Gasteiger partial charge in [0.1, 0.15) is 5.82 Å².